The number of esters is 1. The zero-order valence-electron chi connectivity index (χ0n) is 19.6. The molecule has 178 valence electrons. The number of hydrogen-bond acceptors (Lipinski definition) is 10. The van der Waals surface area contributed by atoms with Gasteiger partial charge >= 0.3 is 12.0 Å². The standard InChI is InChI=1S/C23H28N2O8/c1-21(2)12-29-22(3,30-13-21)11-23(4)32-15-9-7-8-14(18(15)19(26)33-23)31-20-24-16(27-5)10-17(25-20)28-6/h7-10H,11-13H2,1-6H3. The van der Waals surface area contributed by atoms with Gasteiger partial charge in [0.1, 0.15) is 17.1 Å². The summed E-state index contributed by atoms with van der Waals surface area (Å²) in [6.45, 7) is 8.65. The summed E-state index contributed by atoms with van der Waals surface area (Å²) in [6.07, 6.45) is 0.183. The third-order valence-electron chi connectivity index (χ3n) is 5.28. The molecule has 0 radical (unpaired) electrons. The molecule has 1 unspecified atom stereocenters. The molecule has 4 rings (SSSR count). The van der Waals surface area contributed by atoms with Crippen LogP contribution in [-0.2, 0) is 14.2 Å². The van der Waals surface area contributed by atoms with E-state index in [0.29, 0.717) is 19.0 Å². The number of rotatable bonds is 6. The number of fused-ring (bicyclic) bond motifs is 1. The number of hydrogen-bond donors (Lipinski definition) is 0. The molecule has 0 saturated carbocycles. The van der Waals surface area contributed by atoms with Gasteiger partial charge in [0.05, 0.1) is 39.9 Å². The maximum absolute atomic E-state index is 13.1. The van der Waals surface area contributed by atoms with Crippen LogP contribution in [-0.4, -0.2) is 54.9 Å². The minimum absolute atomic E-state index is 0.0557. The van der Waals surface area contributed by atoms with Crippen molar-refractivity contribution in [2.24, 2.45) is 5.41 Å². The minimum Gasteiger partial charge on any atom is -0.481 e. The predicted molar refractivity (Wildman–Crippen MR) is 115 cm³/mol. The van der Waals surface area contributed by atoms with Gasteiger partial charge in [-0.1, -0.05) is 19.9 Å². The summed E-state index contributed by atoms with van der Waals surface area (Å²) in [5, 5.41) is 0. The number of cyclic esters (lactones) is 1. The van der Waals surface area contributed by atoms with Gasteiger partial charge in [-0.25, -0.2) is 4.79 Å². The van der Waals surface area contributed by atoms with E-state index in [2.05, 4.69) is 23.8 Å². The first kappa shape index (κ1) is 23.1. The van der Waals surface area contributed by atoms with Gasteiger partial charge in [-0.05, 0) is 19.1 Å². The van der Waals surface area contributed by atoms with Gasteiger partial charge < -0.3 is 33.2 Å². The van der Waals surface area contributed by atoms with Crippen LogP contribution in [0.3, 0.4) is 0 Å². The van der Waals surface area contributed by atoms with Crippen LogP contribution in [0, 0.1) is 5.41 Å². The first-order chi connectivity index (χ1) is 15.5. The molecule has 0 bridgehead atoms. The van der Waals surface area contributed by atoms with Crippen LogP contribution in [0.2, 0.25) is 0 Å². The SMILES string of the molecule is COc1cc(OC)nc(Oc2cccc3c2C(=O)OC(C)(CC2(C)OCC(C)(C)CO2)O3)n1. The Bertz CT molecular complexity index is 1020. The summed E-state index contributed by atoms with van der Waals surface area (Å²) in [5.74, 6) is -1.89. The van der Waals surface area contributed by atoms with Crippen LogP contribution in [0.4, 0.5) is 0 Å². The molecule has 1 saturated heterocycles. The van der Waals surface area contributed by atoms with E-state index in [-0.39, 0.29) is 40.9 Å². The number of ether oxygens (including phenoxy) is 7. The van der Waals surface area contributed by atoms with Crippen LogP contribution in [0.5, 0.6) is 29.3 Å². The van der Waals surface area contributed by atoms with Crippen molar-refractivity contribution in [3.8, 4) is 29.3 Å². The number of benzene rings is 1. The highest BCUT2D eigenvalue weighted by molar-refractivity contribution is 5.96. The highest BCUT2D eigenvalue weighted by atomic mass is 16.7. The zero-order chi connectivity index (χ0) is 23.9. The summed E-state index contributed by atoms with van der Waals surface area (Å²) >= 11 is 0. The number of carbonyl (C=O) groups excluding carboxylic acids is 1. The van der Waals surface area contributed by atoms with E-state index in [4.69, 9.17) is 33.2 Å². The van der Waals surface area contributed by atoms with Gasteiger partial charge in [0.2, 0.25) is 11.8 Å². The van der Waals surface area contributed by atoms with Gasteiger partial charge in [-0.15, -0.1) is 0 Å². The van der Waals surface area contributed by atoms with E-state index >= 15 is 0 Å². The lowest BCUT2D eigenvalue weighted by Crippen LogP contribution is -2.53. The average molecular weight is 460 g/mol. The van der Waals surface area contributed by atoms with Gasteiger partial charge in [-0.3, -0.25) is 0 Å². The van der Waals surface area contributed by atoms with Crippen molar-refractivity contribution < 1.29 is 38.0 Å². The Labute approximate surface area is 192 Å². The quantitative estimate of drug-likeness (QED) is 0.592. The fourth-order valence-corrected chi connectivity index (χ4v) is 3.66. The summed E-state index contributed by atoms with van der Waals surface area (Å²) in [6, 6.07) is 6.41. The summed E-state index contributed by atoms with van der Waals surface area (Å²) < 4.78 is 39.8. The van der Waals surface area contributed by atoms with Crippen LogP contribution < -0.4 is 18.9 Å². The van der Waals surface area contributed by atoms with Crippen molar-refractivity contribution in [3.63, 3.8) is 0 Å². The lowest BCUT2D eigenvalue weighted by molar-refractivity contribution is -0.319. The van der Waals surface area contributed by atoms with Gasteiger partial charge in [0.15, 0.2) is 5.79 Å². The lowest BCUT2D eigenvalue weighted by atomic mass is 9.93. The second-order valence-corrected chi connectivity index (χ2v) is 9.14. The molecule has 33 heavy (non-hydrogen) atoms. The van der Waals surface area contributed by atoms with E-state index < -0.39 is 17.5 Å². The van der Waals surface area contributed by atoms with Gasteiger partial charge in [0.25, 0.3) is 5.79 Å². The van der Waals surface area contributed by atoms with Gasteiger partial charge in [0, 0.05) is 12.3 Å². The Morgan fingerprint density at radius 2 is 1.58 bits per heavy atom. The number of carbonyl (C=O) groups is 1. The fourth-order valence-electron chi connectivity index (χ4n) is 3.66. The normalized spacial score (nSPS) is 23.0. The molecule has 2 aliphatic rings. The molecular weight excluding hydrogens is 432 g/mol. The second kappa shape index (κ2) is 8.35. The van der Waals surface area contributed by atoms with E-state index in [1.807, 2.05) is 6.92 Å². The third kappa shape index (κ3) is 4.96. The van der Waals surface area contributed by atoms with Crippen LogP contribution in [0.1, 0.15) is 44.5 Å². The van der Waals surface area contributed by atoms with Crippen molar-refractivity contribution in [3.05, 3.63) is 29.8 Å². The number of methoxy groups -OCH3 is 2. The number of aromatic nitrogens is 2. The lowest BCUT2D eigenvalue weighted by Gasteiger charge is -2.45. The topological polar surface area (TPSA) is 107 Å². The Morgan fingerprint density at radius 3 is 2.18 bits per heavy atom. The summed E-state index contributed by atoms with van der Waals surface area (Å²) in [7, 11) is 2.92. The molecule has 0 spiro atoms. The van der Waals surface area contributed by atoms with E-state index in [1.54, 1.807) is 25.1 Å². The summed E-state index contributed by atoms with van der Waals surface area (Å²) in [4.78, 5) is 21.3. The Balaban J connectivity index is 1.57. The van der Waals surface area contributed by atoms with Crippen LogP contribution in [0.25, 0.3) is 0 Å². The van der Waals surface area contributed by atoms with Gasteiger partial charge in [-0.2, -0.15) is 9.97 Å². The van der Waals surface area contributed by atoms with E-state index in [1.165, 1.54) is 20.3 Å². The van der Waals surface area contributed by atoms with Crippen molar-refractivity contribution in [2.75, 3.05) is 27.4 Å². The summed E-state index contributed by atoms with van der Waals surface area (Å²) in [5.41, 5.74) is 0.0333. The molecule has 0 aliphatic carbocycles. The molecule has 0 N–H and O–H groups in total. The molecular formula is C23H28N2O8. The Hall–Kier alpha value is -3.11. The molecule has 10 heteroatoms. The van der Waals surface area contributed by atoms with Crippen molar-refractivity contribution in [1.82, 2.24) is 9.97 Å². The monoisotopic (exact) mass is 460 g/mol. The maximum Gasteiger partial charge on any atom is 0.349 e. The van der Waals surface area contributed by atoms with Crippen LogP contribution >= 0.6 is 0 Å². The molecule has 1 atom stereocenters. The Morgan fingerprint density at radius 1 is 0.939 bits per heavy atom. The fraction of sp³-hybridized carbons (Fsp3) is 0.522. The zero-order valence-corrected chi connectivity index (χ0v) is 19.6. The van der Waals surface area contributed by atoms with E-state index in [0.717, 1.165) is 0 Å². The Kier molecular flexibility index (Phi) is 5.83. The smallest absolute Gasteiger partial charge is 0.349 e. The average Bonchev–Trinajstić information content (AvgIpc) is 2.75. The second-order valence-electron chi connectivity index (χ2n) is 9.14. The highest BCUT2D eigenvalue weighted by Crippen LogP contribution is 2.43. The van der Waals surface area contributed by atoms with Crippen LogP contribution in [0.15, 0.2) is 24.3 Å². The predicted octanol–water partition coefficient (Wildman–Crippen LogP) is 3.73. The minimum atomic E-state index is -1.30. The molecule has 3 heterocycles. The number of nitrogens with zero attached hydrogens (tertiary/aromatic N) is 2. The molecule has 10 nitrogen and oxygen atoms in total. The highest BCUT2D eigenvalue weighted by Gasteiger charge is 2.48. The van der Waals surface area contributed by atoms with Crippen molar-refractivity contribution >= 4 is 5.97 Å². The molecule has 2 aliphatic heterocycles. The molecule has 2 aromatic rings. The molecule has 0 amide bonds. The maximum atomic E-state index is 13.1. The first-order valence-electron chi connectivity index (χ1n) is 10.5. The first-order valence-corrected chi connectivity index (χ1v) is 10.5. The third-order valence-corrected chi connectivity index (χ3v) is 5.28. The molecule has 1 aromatic heterocycles. The van der Waals surface area contributed by atoms with E-state index in [9.17, 15) is 4.79 Å². The molecule has 1 fully saturated rings. The van der Waals surface area contributed by atoms with Crippen molar-refractivity contribution in [1.29, 1.82) is 0 Å². The largest absolute Gasteiger partial charge is 0.481 e. The molecule has 1 aromatic carbocycles. The van der Waals surface area contributed by atoms with Crippen molar-refractivity contribution in [2.45, 2.75) is 45.7 Å².